The molecular formula is C23H21ClF4N2O4. The topological polar surface area (TPSA) is 67.9 Å². The molecule has 182 valence electrons. The van der Waals surface area contributed by atoms with E-state index in [1.165, 1.54) is 48.5 Å². The molecule has 34 heavy (non-hydrogen) atoms. The SMILES string of the molecule is COC(=O)c1cc(N2CCC=C(F)C2)ccc1NC(=O)[C@H](CC(F)(F)F)Oc1ccc(Cl)cc1. The zero-order valence-corrected chi connectivity index (χ0v) is 18.8. The van der Waals surface area contributed by atoms with Crippen molar-refractivity contribution in [2.45, 2.75) is 25.1 Å². The fourth-order valence-corrected chi connectivity index (χ4v) is 3.45. The Hall–Kier alpha value is -3.27. The minimum absolute atomic E-state index is 0.00884. The second-order valence-electron chi connectivity index (χ2n) is 7.45. The highest BCUT2D eigenvalue weighted by molar-refractivity contribution is 6.30. The Balaban J connectivity index is 1.86. The van der Waals surface area contributed by atoms with E-state index in [1.54, 1.807) is 4.90 Å². The smallest absolute Gasteiger partial charge is 0.393 e. The summed E-state index contributed by atoms with van der Waals surface area (Å²) in [6.45, 7) is 0.511. The second kappa shape index (κ2) is 10.8. The number of anilines is 2. The number of hydrogen-bond acceptors (Lipinski definition) is 5. The number of alkyl halides is 3. The summed E-state index contributed by atoms with van der Waals surface area (Å²) < 4.78 is 63.1. The highest BCUT2D eigenvalue weighted by Gasteiger charge is 2.37. The highest BCUT2D eigenvalue weighted by Crippen LogP contribution is 2.29. The van der Waals surface area contributed by atoms with E-state index in [2.05, 4.69) is 5.32 Å². The molecule has 1 aliphatic rings. The first-order valence-corrected chi connectivity index (χ1v) is 10.5. The van der Waals surface area contributed by atoms with Crippen molar-refractivity contribution in [1.29, 1.82) is 0 Å². The molecule has 1 aliphatic heterocycles. The van der Waals surface area contributed by atoms with Crippen molar-refractivity contribution in [3.8, 4) is 5.75 Å². The number of hydrogen-bond donors (Lipinski definition) is 1. The van der Waals surface area contributed by atoms with Gasteiger partial charge in [-0.3, -0.25) is 4.79 Å². The number of rotatable bonds is 7. The summed E-state index contributed by atoms with van der Waals surface area (Å²) in [6.07, 6.45) is -6.26. The molecule has 2 aromatic rings. The number of nitrogens with one attached hydrogen (secondary N) is 1. The maximum absolute atomic E-state index is 13.7. The van der Waals surface area contributed by atoms with Crippen molar-refractivity contribution < 1.29 is 36.6 Å². The number of ether oxygens (including phenoxy) is 2. The van der Waals surface area contributed by atoms with E-state index in [4.69, 9.17) is 21.1 Å². The third-order valence-corrected chi connectivity index (χ3v) is 5.19. The van der Waals surface area contributed by atoms with Crippen LogP contribution < -0.4 is 15.0 Å². The number of carbonyl (C=O) groups is 2. The van der Waals surface area contributed by atoms with Crippen LogP contribution in [0.2, 0.25) is 5.02 Å². The molecule has 6 nitrogen and oxygen atoms in total. The van der Waals surface area contributed by atoms with Crippen LogP contribution in [-0.4, -0.2) is 44.4 Å². The minimum atomic E-state index is -4.70. The molecule has 0 bridgehead atoms. The van der Waals surface area contributed by atoms with E-state index in [-0.39, 0.29) is 29.4 Å². The predicted molar refractivity (Wildman–Crippen MR) is 119 cm³/mol. The van der Waals surface area contributed by atoms with Crippen LogP contribution in [0.3, 0.4) is 0 Å². The molecule has 0 aromatic heterocycles. The first kappa shape index (κ1) is 25.4. The van der Waals surface area contributed by atoms with Gasteiger partial charge in [0.05, 0.1) is 31.3 Å². The van der Waals surface area contributed by atoms with Gasteiger partial charge in [-0.1, -0.05) is 11.6 Å². The average molecular weight is 501 g/mol. The van der Waals surface area contributed by atoms with E-state index in [0.717, 1.165) is 7.11 Å². The summed E-state index contributed by atoms with van der Waals surface area (Å²) >= 11 is 5.78. The van der Waals surface area contributed by atoms with Crippen molar-refractivity contribution in [1.82, 2.24) is 0 Å². The zero-order valence-electron chi connectivity index (χ0n) is 18.0. The van der Waals surface area contributed by atoms with Crippen LogP contribution in [0.4, 0.5) is 28.9 Å². The number of benzene rings is 2. The van der Waals surface area contributed by atoms with Crippen molar-refractivity contribution in [2.75, 3.05) is 30.4 Å². The molecule has 1 atom stereocenters. The van der Waals surface area contributed by atoms with Gasteiger partial charge in [0, 0.05) is 17.3 Å². The number of halogens is 5. The third kappa shape index (κ3) is 6.86. The maximum atomic E-state index is 13.7. The number of carbonyl (C=O) groups excluding carboxylic acids is 2. The molecule has 2 aromatic carbocycles. The lowest BCUT2D eigenvalue weighted by Crippen LogP contribution is -2.37. The lowest BCUT2D eigenvalue weighted by molar-refractivity contribution is -0.158. The van der Waals surface area contributed by atoms with E-state index in [1.807, 2.05) is 0 Å². The van der Waals surface area contributed by atoms with E-state index >= 15 is 0 Å². The molecule has 0 fully saturated rings. The van der Waals surface area contributed by atoms with Gasteiger partial charge in [0.1, 0.15) is 11.6 Å². The van der Waals surface area contributed by atoms with Crippen LogP contribution in [0.15, 0.2) is 54.4 Å². The van der Waals surface area contributed by atoms with E-state index in [0.29, 0.717) is 23.7 Å². The Kier molecular flexibility index (Phi) is 8.03. The molecule has 0 spiro atoms. The lowest BCUT2D eigenvalue weighted by atomic mass is 10.1. The largest absolute Gasteiger partial charge is 0.480 e. The quantitative estimate of drug-likeness (QED) is 0.400. The van der Waals surface area contributed by atoms with Gasteiger partial charge >= 0.3 is 12.1 Å². The normalized spacial score (nSPS) is 14.8. The number of nitrogens with zero attached hydrogens (tertiary/aromatic N) is 1. The molecule has 1 amide bonds. The average Bonchev–Trinajstić information content (AvgIpc) is 2.79. The summed E-state index contributed by atoms with van der Waals surface area (Å²) in [4.78, 5) is 26.8. The fourth-order valence-electron chi connectivity index (χ4n) is 3.33. The number of esters is 1. The van der Waals surface area contributed by atoms with E-state index in [9.17, 15) is 27.2 Å². The van der Waals surface area contributed by atoms with Crippen molar-refractivity contribution in [3.63, 3.8) is 0 Å². The fraction of sp³-hybridized carbons (Fsp3) is 0.304. The van der Waals surface area contributed by atoms with E-state index < -0.39 is 30.6 Å². The maximum Gasteiger partial charge on any atom is 0.393 e. The molecule has 0 radical (unpaired) electrons. The van der Waals surface area contributed by atoms with Gasteiger partial charge in [-0.2, -0.15) is 13.2 Å². The summed E-state index contributed by atoms with van der Waals surface area (Å²) in [5.74, 6) is -2.25. The van der Waals surface area contributed by atoms with Gasteiger partial charge in [-0.15, -0.1) is 0 Å². The van der Waals surface area contributed by atoms with Gasteiger partial charge in [0.2, 0.25) is 0 Å². The molecule has 0 saturated carbocycles. The lowest BCUT2D eigenvalue weighted by Gasteiger charge is -2.27. The van der Waals surface area contributed by atoms with Gasteiger partial charge in [0.25, 0.3) is 5.91 Å². The Morgan fingerprint density at radius 2 is 1.88 bits per heavy atom. The Morgan fingerprint density at radius 3 is 2.50 bits per heavy atom. The molecule has 1 N–H and O–H groups in total. The van der Waals surface area contributed by atoms with Crippen LogP contribution >= 0.6 is 11.6 Å². The Morgan fingerprint density at radius 1 is 1.18 bits per heavy atom. The molecular weight excluding hydrogens is 480 g/mol. The zero-order chi connectivity index (χ0) is 24.9. The van der Waals surface area contributed by atoms with Crippen LogP contribution in [0.5, 0.6) is 5.75 Å². The minimum Gasteiger partial charge on any atom is -0.480 e. The standard InChI is InChI=1S/C23H21ClF4N2O4/c1-33-22(32)18-11-16(30-10-2-3-15(25)13-30)6-9-19(18)29-21(31)20(12-23(26,27)28)34-17-7-4-14(24)5-8-17/h3-9,11,20H,2,10,12-13H2,1H3,(H,29,31)/t20-/m0/s1. The number of methoxy groups -OCH3 is 1. The van der Waals surface area contributed by atoms with Gasteiger partial charge in [-0.05, 0) is 55.0 Å². The van der Waals surface area contributed by atoms with Crippen LogP contribution in [0.25, 0.3) is 0 Å². The third-order valence-electron chi connectivity index (χ3n) is 4.94. The summed E-state index contributed by atoms with van der Waals surface area (Å²) in [5.41, 5.74) is 0.326. The predicted octanol–water partition coefficient (Wildman–Crippen LogP) is 5.53. The monoisotopic (exact) mass is 500 g/mol. The first-order chi connectivity index (χ1) is 16.1. The molecule has 0 unspecified atom stereocenters. The van der Waals surface area contributed by atoms with Crippen molar-refractivity contribution in [2.24, 2.45) is 0 Å². The summed E-state index contributed by atoms with van der Waals surface area (Å²) in [7, 11) is 1.13. The first-order valence-electron chi connectivity index (χ1n) is 10.2. The van der Waals surface area contributed by atoms with Crippen molar-refractivity contribution >= 4 is 34.9 Å². The second-order valence-corrected chi connectivity index (χ2v) is 7.89. The van der Waals surface area contributed by atoms with Crippen LogP contribution in [-0.2, 0) is 9.53 Å². The molecule has 11 heteroatoms. The highest BCUT2D eigenvalue weighted by atomic mass is 35.5. The molecule has 1 heterocycles. The van der Waals surface area contributed by atoms with Gasteiger partial charge in [0.15, 0.2) is 6.10 Å². The molecule has 0 aliphatic carbocycles. The van der Waals surface area contributed by atoms with Crippen LogP contribution in [0, 0.1) is 0 Å². The van der Waals surface area contributed by atoms with Gasteiger partial charge in [-0.25, -0.2) is 9.18 Å². The number of amides is 1. The molecule has 3 rings (SSSR count). The Labute approximate surface area is 198 Å². The summed E-state index contributed by atoms with van der Waals surface area (Å²) in [5, 5.41) is 2.67. The van der Waals surface area contributed by atoms with Crippen molar-refractivity contribution in [3.05, 3.63) is 65.0 Å². The molecule has 0 saturated heterocycles. The summed E-state index contributed by atoms with van der Waals surface area (Å²) in [6, 6.07) is 9.75. The Bertz CT molecular complexity index is 1070. The van der Waals surface area contributed by atoms with Gasteiger partial charge < -0.3 is 19.7 Å². The van der Waals surface area contributed by atoms with Crippen LogP contribution in [0.1, 0.15) is 23.2 Å².